The van der Waals surface area contributed by atoms with E-state index in [9.17, 15) is 4.79 Å². The zero-order chi connectivity index (χ0) is 8.81. The number of hydrogen-bond donors (Lipinski definition) is 2. The van der Waals surface area contributed by atoms with E-state index in [1.165, 1.54) is 0 Å². The molecule has 0 spiro atoms. The third-order valence-corrected chi connectivity index (χ3v) is 1.88. The number of carbonyl (C=O) groups excluding carboxylic acids is 1. The maximum atomic E-state index is 11.3. The van der Waals surface area contributed by atoms with Gasteiger partial charge in [0.05, 0.1) is 0 Å². The Kier molecular flexibility index (Phi) is 3.87. The minimum atomic E-state index is 0.0107. The third kappa shape index (κ3) is 2.70. The number of rotatable bonds is 2. The maximum Gasteiger partial charge on any atom is 0.331 e. The topological polar surface area (TPSA) is 44.4 Å². The van der Waals surface area contributed by atoms with Gasteiger partial charge in [0.15, 0.2) is 0 Å². The fourth-order valence-corrected chi connectivity index (χ4v) is 1.19. The molecule has 0 saturated carbocycles. The van der Waals surface area contributed by atoms with E-state index in [0.29, 0.717) is 0 Å². The molecule has 2 N–H and O–H groups in total. The summed E-state index contributed by atoms with van der Waals surface area (Å²) in [6, 6.07) is 0.0107. The van der Waals surface area contributed by atoms with Crippen molar-refractivity contribution in [2.45, 2.75) is 26.2 Å². The van der Waals surface area contributed by atoms with Gasteiger partial charge in [-0.3, -0.25) is 5.01 Å². The monoisotopic (exact) mass is 171 g/mol. The number of amides is 2. The van der Waals surface area contributed by atoms with E-state index in [4.69, 9.17) is 0 Å². The van der Waals surface area contributed by atoms with Gasteiger partial charge in [0.2, 0.25) is 0 Å². The standard InChI is InChI=1S/C8H17N3O/c1-2-5-9-8(12)11-7-4-3-6-10-11/h10H,2-7H2,1H3,(H,9,12). The number of nitrogens with zero attached hydrogens (tertiary/aromatic N) is 1. The van der Waals surface area contributed by atoms with Gasteiger partial charge < -0.3 is 5.32 Å². The molecule has 0 atom stereocenters. The second kappa shape index (κ2) is 4.98. The Morgan fingerprint density at radius 2 is 2.42 bits per heavy atom. The second-order valence-electron chi connectivity index (χ2n) is 3.00. The highest BCUT2D eigenvalue weighted by molar-refractivity contribution is 5.73. The van der Waals surface area contributed by atoms with Crippen LogP contribution in [0.25, 0.3) is 0 Å². The molecule has 1 heterocycles. The largest absolute Gasteiger partial charge is 0.337 e. The van der Waals surface area contributed by atoms with Gasteiger partial charge in [-0.2, -0.15) is 0 Å². The summed E-state index contributed by atoms with van der Waals surface area (Å²) in [7, 11) is 0. The van der Waals surface area contributed by atoms with E-state index in [1.807, 2.05) is 6.92 Å². The molecular weight excluding hydrogens is 154 g/mol. The van der Waals surface area contributed by atoms with Crippen molar-refractivity contribution in [2.24, 2.45) is 0 Å². The fraction of sp³-hybridized carbons (Fsp3) is 0.875. The van der Waals surface area contributed by atoms with Crippen LogP contribution in [0.3, 0.4) is 0 Å². The number of hydrazine groups is 1. The van der Waals surface area contributed by atoms with Crippen molar-refractivity contribution >= 4 is 6.03 Å². The average Bonchev–Trinajstić information content (AvgIpc) is 2.15. The molecule has 0 radical (unpaired) electrons. The lowest BCUT2D eigenvalue weighted by Crippen LogP contribution is -2.51. The molecule has 0 aromatic carbocycles. The van der Waals surface area contributed by atoms with Gasteiger partial charge in [0.25, 0.3) is 0 Å². The van der Waals surface area contributed by atoms with Crippen LogP contribution in [0.15, 0.2) is 0 Å². The lowest BCUT2D eigenvalue weighted by atomic mass is 10.3. The highest BCUT2D eigenvalue weighted by Gasteiger charge is 2.14. The van der Waals surface area contributed by atoms with E-state index >= 15 is 0 Å². The molecule has 0 aliphatic carbocycles. The van der Waals surface area contributed by atoms with Crippen molar-refractivity contribution in [2.75, 3.05) is 19.6 Å². The lowest BCUT2D eigenvalue weighted by Gasteiger charge is -2.27. The number of urea groups is 1. The molecule has 12 heavy (non-hydrogen) atoms. The first-order chi connectivity index (χ1) is 5.84. The molecule has 70 valence electrons. The summed E-state index contributed by atoms with van der Waals surface area (Å²) < 4.78 is 0. The zero-order valence-corrected chi connectivity index (χ0v) is 7.60. The van der Waals surface area contributed by atoms with Crippen molar-refractivity contribution in [3.63, 3.8) is 0 Å². The lowest BCUT2D eigenvalue weighted by molar-refractivity contribution is 0.154. The normalized spacial score (nSPS) is 17.6. The number of carbonyl (C=O) groups is 1. The third-order valence-electron chi connectivity index (χ3n) is 1.88. The number of nitrogens with one attached hydrogen (secondary N) is 2. The van der Waals surface area contributed by atoms with Crippen LogP contribution in [0.2, 0.25) is 0 Å². The summed E-state index contributed by atoms with van der Waals surface area (Å²) in [4.78, 5) is 11.3. The van der Waals surface area contributed by atoms with Crippen molar-refractivity contribution in [3.05, 3.63) is 0 Å². The van der Waals surface area contributed by atoms with Crippen LogP contribution < -0.4 is 10.7 Å². The summed E-state index contributed by atoms with van der Waals surface area (Å²) in [6.45, 7) is 4.55. The van der Waals surface area contributed by atoms with E-state index < -0.39 is 0 Å². The molecule has 1 saturated heterocycles. The van der Waals surface area contributed by atoms with E-state index in [2.05, 4.69) is 10.7 Å². The second-order valence-corrected chi connectivity index (χ2v) is 3.00. The predicted molar refractivity (Wildman–Crippen MR) is 47.6 cm³/mol. The zero-order valence-electron chi connectivity index (χ0n) is 7.60. The van der Waals surface area contributed by atoms with Gasteiger partial charge in [-0.05, 0) is 19.3 Å². The van der Waals surface area contributed by atoms with E-state index in [-0.39, 0.29) is 6.03 Å². The summed E-state index contributed by atoms with van der Waals surface area (Å²) in [5.41, 5.74) is 3.05. The molecule has 0 aromatic rings. The highest BCUT2D eigenvalue weighted by Crippen LogP contribution is 1.98. The van der Waals surface area contributed by atoms with Crippen molar-refractivity contribution in [1.82, 2.24) is 15.8 Å². The molecule has 1 aliphatic heterocycles. The van der Waals surface area contributed by atoms with Crippen LogP contribution in [0.1, 0.15) is 26.2 Å². The van der Waals surface area contributed by atoms with E-state index in [1.54, 1.807) is 5.01 Å². The summed E-state index contributed by atoms with van der Waals surface area (Å²) >= 11 is 0. The Labute approximate surface area is 73.3 Å². The summed E-state index contributed by atoms with van der Waals surface area (Å²) in [5, 5.41) is 4.49. The average molecular weight is 171 g/mol. The minimum absolute atomic E-state index is 0.0107. The van der Waals surface area contributed by atoms with Gasteiger partial charge in [0, 0.05) is 19.6 Å². The fourth-order valence-electron chi connectivity index (χ4n) is 1.19. The molecule has 1 aliphatic rings. The van der Waals surface area contributed by atoms with Crippen LogP contribution in [0, 0.1) is 0 Å². The Bertz CT molecular complexity index is 143. The molecule has 0 unspecified atom stereocenters. The first-order valence-corrected chi connectivity index (χ1v) is 4.63. The minimum Gasteiger partial charge on any atom is -0.337 e. The summed E-state index contributed by atoms with van der Waals surface area (Å²) in [5.74, 6) is 0. The number of hydrogen-bond acceptors (Lipinski definition) is 2. The van der Waals surface area contributed by atoms with Gasteiger partial charge in [-0.25, -0.2) is 10.2 Å². The van der Waals surface area contributed by atoms with Crippen molar-refractivity contribution in [3.8, 4) is 0 Å². The molecular formula is C8H17N3O. The van der Waals surface area contributed by atoms with Crippen molar-refractivity contribution < 1.29 is 4.79 Å². The Morgan fingerprint density at radius 1 is 1.58 bits per heavy atom. The van der Waals surface area contributed by atoms with Gasteiger partial charge in [0.1, 0.15) is 0 Å². The smallest absolute Gasteiger partial charge is 0.331 e. The van der Waals surface area contributed by atoms with Crippen LogP contribution in [-0.4, -0.2) is 30.7 Å². The van der Waals surface area contributed by atoms with Gasteiger partial charge >= 0.3 is 6.03 Å². The predicted octanol–water partition coefficient (Wildman–Crippen LogP) is 0.706. The Hall–Kier alpha value is -0.770. The quantitative estimate of drug-likeness (QED) is 0.642. The van der Waals surface area contributed by atoms with Crippen LogP contribution in [0.4, 0.5) is 4.79 Å². The molecule has 2 amide bonds. The molecule has 1 fully saturated rings. The van der Waals surface area contributed by atoms with Gasteiger partial charge in [-0.1, -0.05) is 6.92 Å². The Balaban J connectivity index is 2.20. The van der Waals surface area contributed by atoms with Gasteiger partial charge in [-0.15, -0.1) is 0 Å². The SMILES string of the molecule is CCCNC(=O)N1CCCCN1. The highest BCUT2D eigenvalue weighted by atomic mass is 16.2. The van der Waals surface area contributed by atoms with E-state index in [0.717, 1.165) is 38.9 Å². The molecule has 4 heteroatoms. The maximum absolute atomic E-state index is 11.3. The van der Waals surface area contributed by atoms with Crippen LogP contribution >= 0.6 is 0 Å². The molecule has 0 bridgehead atoms. The molecule has 1 rings (SSSR count). The summed E-state index contributed by atoms with van der Waals surface area (Å²) in [6.07, 6.45) is 3.25. The Morgan fingerprint density at radius 3 is 3.00 bits per heavy atom. The molecule has 0 aromatic heterocycles. The first-order valence-electron chi connectivity index (χ1n) is 4.63. The first kappa shape index (κ1) is 9.32. The molecule has 4 nitrogen and oxygen atoms in total. The van der Waals surface area contributed by atoms with Crippen LogP contribution in [-0.2, 0) is 0 Å². The van der Waals surface area contributed by atoms with Crippen LogP contribution in [0.5, 0.6) is 0 Å². The van der Waals surface area contributed by atoms with Crippen molar-refractivity contribution in [1.29, 1.82) is 0 Å².